The third-order valence-corrected chi connectivity index (χ3v) is 25.9. The van der Waals surface area contributed by atoms with Gasteiger partial charge in [-0.15, -0.1) is 0 Å². The number of Topliss-reactive ketones (excluding diaryl/α,β-unsaturated/α-hetero) is 3. The van der Waals surface area contributed by atoms with Crippen molar-refractivity contribution in [1.29, 1.82) is 15.8 Å². The first-order chi connectivity index (χ1) is 64.9. The number of unbranched alkanes of at least 4 members (excludes halogenated alkanes) is 1. The van der Waals surface area contributed by atoms with E-state index >= 15 is 0 Å². The first-order valence-corrected chi connectivity index (χ1v) is 50.4. The monoisotopic (exact) mass is 1830 g/mol. The molecule has 6 aromatic carbocycles. The van der Waals surface area contributed by atoms with Gasteiger partial charge in [0.1, 0.15) is 11.6 Å². The van der Waals surface area contributed by atoms with E-state index in [1.165, 1.54) is 150 Å². The van der Waals surface area contributed by atoms with E-state index in [-0.39, 0.29) is 30.7 Å². The van der Waals surface area contributed by atoms with Crippen LogP contribution in [-0.4, -0.2) is 354 Å². The summed E-state index contributed by atoms with van der Waals surface area (Å²) in [5, 5.41) is 80.3. The minimum Gasteiger partial charge on any atom is -0.395 e. The number of aliphatic hydroxyl groups is 6. The molecule has 0 radical (unpaired) electrons. The molecule has 0 spiro atoms. The van der Waals surface area contributed by atoms with Crippen molar-refractivity contribution < 1.29 is 45.0 Å². The number of rotatable bonds is 26. The highest BCUT2D eigenvalue weighted by Gasteiger charge is 2.26. The van der Waals surface area contributed by atoms with Crippen molar-refractivity contribution in [2.45, 2.75) is 206 Å². The van der Waals surface area contributed by atoms with Crippen molar-refractivity contribution in [1.82, 2.24) is 58.8 Å². The summed E-state index contributed by atoms with van der Waals surface area (Å²) in [7, 11) is 2.02. The van der Waals surface area contributed by atoms with Crippen molar-refractivity contribution >= 4 is 28.1 Å². The first kappa shape index (κ1) is 112. The number of nitriles is 3. The molecular formula is C109H167N15O9. The molecule has 5 atom stereocenters. The van der Waals surface area contributed by atoms with E-state index < -0.39 is 6.10 Å². The molecule has 0 saturated carbocycles. The van der Waals surface area contributed by atoms with Crippen molar-refractivity contribution in [3.8, 4) is 18.2 Å². The van der Waals surface area contributed by atoms with Gasteiger partial charge in [0.15, 0.2) is 5.78 Å². The number of ketones is 3. The van der Waals surface area contributed by atoms with Gasteiger partial charge in [-0.1, -0.05) is 177 Å². The van der Waals surface area contributed by atoms with Gasteiger partial charge in [-0.25, -0.2) is 0 Å². The van der Waals surface area contributed by atoms with Crippen LogP contribution in [0.2, 0.25) is 0 Å². The van der Waals surface area contributed by atoms with Crippen LogP contribution in [0.25, 0.3) is 10.8 Å². The normalized spacial score (nSPS) is 21.3. The Bertz CT molecular complexity index is 4130. The maximum absolute atomic E-state index is 12.2. The van der Waals surface area contributed by atoms with Crippen LogP contribution in [0, 0.1) is 39.9 Å². The summed E-state index contributed by atoms with van der Waals surface area (Å²) in [6.45, 7) is 40.0. The van der Waals surface area contributed by atoms with Crippen LogP contribution >= 0.6 is 0 Å². The number of likely N-dealkylation sites (tertiary alicyclic amines) is 11. The van der Waals surface area contributed by atoms with E-state index in [0.29, 0.717) is 56.6 Å². The highest BCUT2D eigenvalue weighted by Crippen LogP contribution is 2.24. The third kappa shape index (κ3) is 51.2. The summed E-state index contributed by atoms with van der Waals surface area (Å²) < 4.78 is 0. The van der Waals surface area contributed by atoms with Gasteiger partial charge in [0.2, 0.25) is 0 Å². The number of carbonyl (C=O) groups is 3. The van der Waals surface area contributed by atoms with Crippen molar-refractivity contribution in [3.63, 3.8) is 0 Å². The van der Waals surface area contributed by atoms with Gasteiger partial charge in [0.25, 0.3) is 0 Å². The molecule has 0 aliphatic carbocycles. The topological polar surface area (TPSA) is 283 Å². The van der Waals surface area contributed by atoms with E-state index in [4.69, 9.17) is 41.3 Å². The van der Waals surface area contributed by atoms with Crippen LogP contribution in [0.15, 0.2) is 176 Å². The van der Waals surface area contributed by atoms with Crippen LogP contribution in [0.4, 0.5) is 0 Å². The molecule has 24 heteroatoms. The highest BCUT2D eigenvalue weighted by molar-refractivity contribution is 6.00. The van der Waals surface area contributed by atoms with Crippen LogP contribution in [0.1, 0.15) is 188 Å². The Morgan fingerprint density at radius 1 is 0.421 bits per heavy atom. The van der Waals surface area contributed by atoms with Gasteiger partial charge in [0.05, 0.1) is 68.9 Å². The summed E-state index contributed by atoms with van der Waals surface area (Å²) in [5.41, 5.74) is 6.24. The van der Waals surface area contributed by atoms with Gasteiger partial charge in [-0.2, -0.15) is 15.8 Å². The number of carbonyl (C=O) groups excluding carboxylic acids is 3. The number of hydrogen-bond donors (Lipinski definition) is 6. The van der Waals surface area contributed by atoms with Crippen molar-refractivity contribution in [2.24, 2.45) is 5.92 Å². The summed E-state index contributed by atoms with van der Waals surface area (Å²) in [4.78, 5) is 61.8. The van der Waals surface area contributed by atoms with Crippen LogP contribution in [-0.2, 0) is 35.8 Å². The van der Waals surface area contributed by atoms with E-state index in [1.54, 1.807) is 6.92 Å². The van der Waals surface area contributed by atoms with E-state index in [0.717, 1.165) is 226 Å². The fourth-order valence-corrected chi connectivity index (χ4v) is 18.3. The van der Waals surface area contributed by atoms with E-state index in [2.05, 4.69) is 199 Å². The fraction of sp³-hybridized carbons (Fsp3) is 0.615. The number of benzene rings is 6. The SMILES string of the molecule is C1=CCN(Cc2ccccc2)C1.CC(=O)CC1CCN(Cc2ccccc2)C1.CCN1CCC(O)C1.CN1CCC(O)C1.N#CCCCN1CCCC1.N#CCCN1CCCC1.N#CCN1CCCC1.O=C(CCN1CCCC1)c1ccc2ccccc2c1.O=C1CCN(Cc2ccccc2)C1.OC1CCN(Cc2ccccc2)C1.OCC(O)CN1CCCC1.OCCN1CCCC1. The Kier molecular flexibility index (Phi) is 58.8. The first-order valence-electron chi connectivity index (χ1n) is 50.4. The minimum atomic E-state index is -0.543. The molecule has 0 aromatic heterocycles. The zero-order valence-electron chi connectivity index (χ0n) is 81.5. The molecule has 0 amide bonds. The molecule has 6 N–H and O–H groups in total. The summed E-state index contributed by atoms with van der Waals surface area (Å²) >= 11 is 0. The Hall–Kier alpha value is -7.92. The average Bonchev–Trinajstić information content (AvgIpc) is 1.78. The number of β-amino-alcohol motifs (C(OH)–C–C–N with tert-alkyl or cyclic N) is 5. The van der Waals surface area contributed by atoms with Crippen LogP contribution in [0.5, 0.6) is 0 Å². The van der Waals surface area contributed by atoms with Gasteiger partial charge >= 0.3 is 0 Å². The molecule has 12 heterocycles. The zero-order valence-corrected chi connectivity index (χ0v) is 81.5. The molecule has 12 aliphatic heterocycles. The third-order valence-electron chi connectivity index (χ3n) is 25.9. The largest absolute Gasteiger partial charge is 0.395 e. The van der Waals surface area contributed by atoms with Gasteiger partial charge < -0.3 is 69.7 Å². The molecule has 11 fully saturated rings. The molecule has 5 unspecified atom stereocenters. The summed E-state index contributed by atoms with van der Waals surface area (Å²) in [6, 6.07) is 62.5. The zero-order chi connectivity index (χ0) is 94.9. The average molecular weight is 1830 g/mol. The molecule has 24 nitrogen and oxygen atoms in total. The van der Waals surface area contributed by atoms with E-state index in [9.17, 15) is 19.5 Å². The smallest absolute Gasteiger partial charge is 0.164 e. The Morgan fingerprint density at radius 3 is 1.26 bits per heavy atom. The highest BCUT2D eigenvalue weighted by atomic mass is 16.3. The lowest BCUT2D eigenvalue weighted by Crippen LogP contribution is -2.31. The molecular weight excluding hydrogens is 1660 g/mol. The Balaban J connectivity index is 0.000000200. The molecule has 0 bridgehead atoms. The lowest BCUT2D eigenvalue weighted by molar-refractivity contribution is -0.118. The predicted octanol–water partition coefficient (Wildman–Crippen LogP) is 13.0. The summed E-state index contributed by atoms with van der Waals surface area (Å²) in [5.74, 6) is 1.54. The van der Waals surface area contributed by atoms with Gasteiger partial charge in [0, 0.05) is 155 Å². The number of nitrogens with zero attached hydrogens (tertiary/aromatic N) is 15. The second-order valence-electron chi connectivity index (χ2n) is 37.4. The minimum absolute atomic E-state index is 0.0463. The lowest BCUT2D eigenvalue weighted by Gasteiger charge is -2.17. The molecule has 732 valence electrons. The number of hydrogen-bond acceptors (Lipinski definition) is 24. The van der Waals surface area contributed by atoms with Crippen molar-refractivity contribution in [3.05, 3.63) is 204 Å². The molecule has 11 saturated heterocycles. The quantitative estimate of drug-likeness (QED) is 0.0127. The lowest BCUT2D eigenvalue weighted by atomic mass is 10.0. The molecule has 12 aliphatic rings. The van der Waals surface area contributed by atoms with E-state index in [1.807, 2.05) is 67.7 Å². The second-order valence-corrected chi connectivity index (χ2v) is 37.4. The van der Waals surface area contributed by atoms with Crippen molar-refractivity contribution in [2.75, 3.05) is 223 Å². The van der Waals surface area contributed by atoms with Gasteiger partial charge in [-0.05, 0) is 266 Å². The number of aliphatic hydroxyl groups excluding tert-OH is 6. The Morgan fingerprint density at radius 2 is 0.842 bits per heavy atom. The number of likely N-dealkylation sites (N-methyl/N-ethyl adjacent to an activating group) is 2. The summed E-state index contributed by atoms with van der Waals surface area (Å²) in [6.07, 6.45) is 27.9. The van der Waals surface area contributed by atoms with Gasteiger partial charge in [-0.3, -0.25) is 34.1 Å². The maximum Gasteiger partial charge on any atom is 0.164 e. The number of fused-ring (bicyclic) bond motifs is 1. The standard InChI is InChI=1S/C17H19NO.C14H19NO.C11H15NO.C11H13NO.C11H13N.C8H14N2.C7H12N2.C7H15NO2.C6H10N2.2C6H13NO.C5H11NO/c19-17(9-12-18-10-3-4-11-18)16-8-7-14-5-1-2-6-15(14)13-16;1-12(16)9-14-7-8-15(11-14)10-13-5-3-2-4-6-13;2*13-11-6-7-12(9-11)8-10-4-2-1-3-5-10;1-2-6-11(7-3-1)10-12-8-4-5-9-12;9-5-1-2-6-10-7-3-4-8-10;8-4-3-7-9-5-1-2-6-9;9-6-7(10)5-8-3-1-2-4-8;7-3-6-8-4-1-2-5-8;1-2-7-4-3-6(8)5-7;8-6-5-7-3-1-2-4-7;1-6-3-2-5(7)4-6/h1-2,5-8,13H,3-4,9-12H2;2-6,14H,7-11H2,1H3;1-5,11,13H,6-9H2;1-5H,6-9H2;1-7H,8-10H2;1-4,6-8H2;1-3,5-7H2;7,9-10H,1-6H2;1-2,4-6H2;6,8H,2-5H2,1H3;8H,1-6H2;5,7H,2-4H2,1H3. The van der Waals surface area contributed by atoms with Crippen LogP contribution in [0.3, 0.4) is 0 Å². The molecule has 18 rings (SSSR count). The maximum atomic E-state index is 12.2. The predicted molar refractivity (Wildman–Crippen MR) is 538 cm³/mol. The second kappa shape index (κ2) is 69.8. The fourth-order valence-electron chi connectivity index (χ4n) is 18.3. The molecule has 133 heavy (non-hydrogen) atoms. The Labute approximate surface area is 800 Å². The van der Waals surface area contributed by atoms with Crippen LogP contribution < -0.4 is 0 Å². The molecule has 6 aromatic rings.